The van der Waals surface area contributed by atoms with Crippen molar-refractivity contribution < 1.29 is 4.74 Å². The highest BCUT2D eigenvalue weighted by Crippen LogP contribution is 2.35. The van der Waals surface area contributed by atoms with Crippen LogP contribution in [0.15, 0.2) is 91.0 Å². The molecule has 4 rings (SSSR count). The summed E-state index contributed by atoms with van der Waals surface area (Å²) in [6.45, 7) is 9.40. The second-order valence-electron chi connectivity index (χ2n) is 9.82. The molecule has 0 atom stereocenters. The van der Waals surface area contributed by atoms with Crippen molar-refractivity contribution >= 4 is 5.69 Å². The number of unbranched alkanes of at least 4 members (excludes halogenated alkanes) is 5. The van der Waals surface area contributed by atoms with Crippen LogP contribution in [0.1, 0.15) is 59.3 Å². The second-order valence-corrected chi connectivity index (χ2v) is 9.82. The maximum Gasteiger partial charge on any atom is 0.128 e. The van der Waals surface area contributed by atoms with Gasteiger partial charge in [-0.3, -0.25) is 0 Å². The van der Waals surface area contributed by atoms with Crippen molar-refractivity contribution in [3.63, 3.8) is 0 Å². The minimum absolute atomic E-state index is 0.737. The predicted octanol–water partition coefficient (Wildman–Crippen LogP) is 9.67. The van der Waals surface area contributed by atoms with Crippen molar-refractivity contribution in [2.75, 3.05) is 24.6 Å². The predicted molar refractivity (Wildman–Crippen MR) is 163 cm³/mol. The summed E-state index contributed by atoms with van der Waals surface area (Å²) in [4.78, 5) is 7.49. The number of anilines is 1. The Morgan fingerprint density at radius 3 is 2.00 bits per heavy atom. The Bertz CT molecular complexity index is 1250. The normalized spacial score (nSPS) is 10.9. The fourth-order valence-electron chi connectivity index (χ4n) is 4.91. The van der Waals surface area contributed by atoms with Crippen LogP contribution in [0.25, 0.3) is 33.6 Å². The first-order valence-electron chi connectivity index (χ1n) is 14.4. The Morgan fingerprint density at radius 1 is 0.605 bits per heavy atom. The number of hydrogen-bond donors (Lipinski definition) is 0. The number of hydrogen-bond acceptors (Lipinski definition) is 3. The van der Waals surface area contributed by atoms with Gasteiger partial charge in [0.05, 0.1) is 18.0 Å². The number of aromatic nitrogens is 1. The molecule has 3 aromatic carbocycles. The number of para-hydroxylation sites is 1. The highest BCUT2D eigenvalue weighted by molar-refractivity contribution is 5.79. The van der Waals surface area contributed by atoms with Gasteiger partial charge in [0.25, 0.3) is 0 Å². The fourth-order valence-corrected chi connectivity index (χ4v) is 4.91. The number of benzene rings is 3. The van der Waals surface area contributed by atoms with Crippen LogP contribution in [0.5, 0.6) is 5.75 Å². The number of pyridine rings is 1. The van der Waals surface area contributed by atoms with E-state index in [1.807, 2.05) is 12.1 Å². The topological polar surface area (TPSA) is 25.4 Å². The molecule has 3 heteroatoms. The van der Waals surface area contributed by atoms with E-state index >= 15 is 0 Å². The van der Waals surface area contributed by atoms with Crippen LogP contribution in [0, 0.1) is 0 Å². The molecule has 0 aliphatic rings. The molecule has 0 fully saturated rings. The molecule has 0 saturated carbocycles. The van der Waals surface area contributed by atoms with Gasteiger partial charge in [-0.15, -0.1) is 0 Å². The van der Waals surface area contributed by atoms with E-state index in [1.165, 1.54) is 43.4 Å². The van der Waals surface area contributed by atoms with E-state index < -0.39 is 0 Å². The summed E-state index contributed by atoms with van der Waals surface area (Å²) in [7, 11) is 0. The summed E-state index contributed by atoms with van der Waals surface area (Å²) < 4.78 is 6.31. The molecule has 0 spiro atoms. The third-order valence-corrected chi connectivity index (χ3v) is 7.14. The molecule has 0 radical (unpaired) electrons. The molecule has 1 aromatic heterocycles. The molecule has 4 aromatic rings. The van der Waals surface area contributed by atoms with Crippen LogP contribution in [0.4, 0.5) is 5.69 Å². The van der Waals surface area contributed by atoms with Gasteiger partial charge in [0.2, 0.25) is 0 Å². The largest absolute Gasteiger partial charge is 0.493 e. The highest BCUT2D eigenvalue weighted by atomic mass is 16.5. The van der Waals surface area contributed by atoms with Gasteiger partial charge in [-0.25, -0.2) is 4.98 Å². The lowest BCUT2D eigenvalue weighted by atomic mass is 9.99. The van der Waals surface area contributed by atoms with E-state index in [1.54, 1.807) is 0 Å². The Labute approximate surface area is 229 Å². The van der Waals surface area contributed by atoms with Gasteiger partial charge in [-0.2, -0.15) is 0 Å². The Kier molecular flexibility index (Phi) is 10.4. The van der Waals surface area contributed by atoms with Crippen molar-refractivity contribution in [3.05, 3.63) is 91.0 Å². The Morgan fingerprint density at radius 2 is 1.26 bits per heavy atom. The Hall–Kier alpha value is -3.59. The van der Waals surface area contributed by atoms with Crippen LogP contribution in [-0.2, 0) is 0 Å². The maximum absolute atomic E-state index is 6.31. The zero-order valence-corrected chi connectivity index (χ0v) is 23.3. The molecule has 198 valence electrons. The first-order valence-corrected chi connectivity index (χ1v) is 14.4. The summed E-state index contributed by atoms with van der Waals surface area (Å²) in [5.41, 5.74) is 7.66. The fraction of sp³-hybridized carbons (Fsp3) is 0.343. The van der Waals surface area contributed by atoms with E-state index in [-0.39, 0.29) is 0 Å². The van der Waals surface area contributed by atoms with E-state index in [9.17, 15) is 0 Å². The van der Waals surface area contributed by atoms with E-state index in [2.05, 4.69) is 105 Å². The van der Waals surface area contributed by atoms with Crippen LogP contribution in [-0.4, -0.2) is 24.7 Å². The van der Waals surface area contributed by atoms with E-state index in [0.717, 1.165) is 59.9 Å². The molecular weight excluding hydrogens is 464 g/mol. The molecule has 0 N–H and O–H groups in total. The molecule has 0 aliphatic heterocycles. The van der Waals surface area contributed by atoms with Crippen LogP contribution < -0.4 is 9.64 Å². The van der Waals surface area contributed by atoms with Gasteiger partial charge in [-0.1, -0.05) is 93.6 Å². The van der Waals surface area contributed by atoms with Crippen LogP contribution >= 0.6 is 0 Å². The molecule has 0 amide bonds. The number of ether oxygens (including phenoxy) is 1. The minimum atomic E-state index is 0.737. The zero-order valence-electron chi connectivity index (χ0n) is 23.3. The molecule has 1 heterocycles. The standard InChI is InChI=1S/C35H42N2O/c1-4-7-8-9-10-16-25-38-35-20-15-14-19-32(35)34-27-30(26-33(36-34)29-17-12-11-13-18-29)28-21-23-31(24-22-28)37(5-2)6-3/h11-15,17-24,26-27H,4-10,16,25H2,1-3H3. The maximum atomic E-state index is 6.31. The lowest BCUT2D eigenvalue weighted by Gasteiger charge is -2.21. The monoisotopic (exact) mass is 506 g/mol. The summed E-state index contributed by atoms with van der Waals surface area (Å²) >= 11 is 0. The summed E-state index contributed by atoms with van der Waals surface area (Å²) in [5, 5.41) is 0. The lowest BCUT2D eigenvalue weighted by molar-refractivity contribution is 0.305. The summed E-state index contributed by atoms with van der Waals surface area (Å²) in [6, 6.07) is 32.1. The van der Waals surface area contributed by atoms with Crippen LogP contribution in [0.3, 0.4) is 0 Å². The SMILES string of the molecule is CCCCCCCCOc1ccccc1-c1cc(-c2ccc(N(CC)CC)cc2)cc(-c2ccccc2)n1. The van der Waals surface area contributed by atoms with Gasteiger partial charge >= 0.3 is 0 Å². The molecule has 0 unspecified atom stereocenters. The van der Waals surface area contributed by atoms with Gasteiger partial charge in [0.15, 0.2) is 0 Å². The summed E-state index contributed by atoms with van der Waals surface area (Å²) in [5.74, 6) is 0.904. The smallest absolute Gasteiger partial charge is 0.128 e. The first-order chi connectivity index (χ1) is 18.7. The highest BCUT2D eigenvalue weighted by Gasteiger charge is 2.13. The van der Waals surface area contributed by atoms with Crippen molar-refractivity contribution in [2.24, 2.45) is 0 Å². The molecular formula is C35H42N2O. The second kappa shape index (κ2) is 14.4. The summed E-state index contributed by atoms with van der Waals surface area (Å²) in [6.07, 6.45) is 7.52. The van der Waals surface area contributed by atoms with Gasteiger partial charge in [0, 0.05) is 29.9 Å². The average molecular weight is 507 g/mol. The molecule has 0 bridgehead atoms. The third-order valence-electron chi connectivity index (χ3n) is 7.14. The number of rotatable bonds is 14. The van der Waals surface area contributed by atoms with Crippen molar-refractivity contribution in [3.8, 4) is 39.4 Å². The molecule has 0 aliphatic carbocycles. The van der Waals surface area contributed by atoms with Crippen molar-refractivity contribution in [1.82, 2.24) is 4.98 Å². The molecule has 3 nitrogen and oxygen atoms in total. The third kappa shape index (κ3) is 7.25. The van der Waals surface area contributed by atoms with Gasteiger partial charge < -0.3 is 9.64 Å². The lowest BCUT2D eigenvalue weighted by Crippen LogP contribution is -2.21. The minimum Gasteiger partial charge on any atom is -0.493 e. The Balaban J connectivity index is 1.64. The molecule has 0 saturated heterocycles. The van der Waals surface area contributed by atoms with Gasteiger partial charge in [-0.05, 0) is 67.8 Å². The number of nitrogens with zero attached hydrogens (tertiary/aromatic N) is 2. The van der Waals surface area contributed by atoms with Gasteiger partial charge in [0.1, 0.15) is 5.75 Å². The average Bonchev–Trinajstić information content (AvgIpc) is 2.98. The van der Waals surface area contributed by atoms with Crippen LogP contribution in [0.2, 0.25) is 0 Å². The van der Waals surface area contributed by atoms with Crippen molar-refractivity contribution in [1.29, 1.82) is 0 Å². The first kappa shape index (κ1) is 27.4. The molecule has 38 heavy (non-hydrogen) atoms. The quantitative estimate of drug-likeness (QED) is 0.159. The van der Waals surface area contributed by atoms with Crippen molar-refractivity contribution in [2.45, 2.75) is 59.3 Å². The van der Waals surface area contributed by atoms with E-state index in [0.29, 0.717) is 0 Å². The zero-order chi connectivity index (χ0) is 26.6. The van der Waals surface area contributed by atoms with E-state index in [4.69, 9.17) is 9.72 Å².